The van der Waals surface area contributed by atoms with Crippen LogP contribution in [0.25, 0.3) is 0 Å². The summed E-state index contributed by atoms with van der Waals surface area (Å²) >= 11 is 0. The number of carbonyl (C=O) groups is 1. The number of aryl methyl sites for hydroxylation is 1. The Bertz CT molecular complexity index is 896. The summed E-state index contributed by atoms with van der Waals surface area (Å²) in [6.45, 7) is 12.8. The maximum atomic E-state index is 13.4. The molecule has 1 N–H and O–H groups in total. The van der Waals surface area contributed by atoms with Crippen LogP contribution >= 0.6 is 0 Å². The van der Waals surface area contributed by atoms with Gasteiger partial charge in [0.1, 0.15) is 5.69 Å². The minimum absolute atomic E-state index is 0.0504. The Morgan fingerprint density at radius 1 is 0.967 bits per heavy atom. The van der Waals surface area contributed by atoms with E-state index in [4.69, 9.17) is 9.47 Å². The lowest BCUT2D eigenvalue weighted by Gasteiger charge is -2.29. The Kier molecular flexibility index (Phi) is 6.41. The zero-order valence-corrected chi connectivity index (χ0v) is 18.2. The second-order valence-corrected chi connectivity index (χ2v) is 8.06. The number of hydrazine groups is 1. The summed E-state index contributed by atoms with van der Waals surface area (Å²) in [5, 5.41) is 1.96. The molecule has 4 rings (SSSR count). The minimum Gasteiger partial charge on any atom is -0.379 e. The molecule has 2 aliphatic heterocycles. The molecule has 0 bridgehead atoms. The quantitative estimate of drug-likeness (QED) is 0.817. The van der Waals surface area contributed by atoms with Crippen LogP contribution in [-0.4, -0.2) is 68.1 Å². The zero-order valence-electron chi connectivity index (χ0n) is 18.2. The third kappa shape index (κ3) is 4.24. The molecule has 2 aliphatic rings. The van der Waals surface area contributed by atoms with Crippen LogP contribution < -0.4 is 10.3 Å². The molecule has 1 aromatic carbocycles. The second kappa shape index (κ2) is 9.20. The highest BCUT2D eigenvalue weighted by Gasteiger charge is 2.28. The van der Waals surface area contributed by atoms with E-state index in [1.54, 1.807) is 0 Å². The van der Waals surface area contributed by atoms with Gasteiger partial charge >= 0.3 is 0 Å². The van der Waals surface area contributed by atoms with Crippen molar-refractivity contribution in [3.8, 4) is 0 Å². The van der Waals surface area contributed by atoms with Gasteiger partial charge in [0, 0.05) is 44.0 Å². The Labute approximate surface area is 178 Å². The van der Waals surface area contributed by atoms with Gasteiger partial charge in [0.15, 0.2) is 0 Å². The lowest BCUT2D eigenvalue weighted by atomic mass is 10.1. The molecule has 3 heterocycles. The first kappa shape index (κ1) is 20.9. The van der Waals surface area contributed by atoms with E-state index in [1.807, 2.05) is 5.01 Å². The number of hydrogen-bond donors (Lipinski definition) is 1. The van der Waals surface area contributed by atoms with Crippen molar-refractivity contribution in [3.05, 3.63) is 52.3 Å². The largest absolute Gasteiger partial charge is 0.379 e. The first-order valence-corrected chi connectivity index (χ1v) is 10.8. The predicted octanol–water partition coefficient (Wildman–Crippen LogP) is 2.28. The van der Waals surface area contributed by atoms with Gasteiger partial charge in [0.25, 0.3) is 5.91 Å². The third-order valence-corrected chi connectivity index (χ3v) is 6.13. The van der Waals surface area contributed by atoms with E-state index in [0.29, 0.717) is 32.8 Å². The Balaban J connectivity index is 1.71. The minimum atomic E-state index is -0.0504. The number of nitrogens with one attached hydrogen (secondary N) is 1. The lowest BCUT2D eigenvalue weighted by molar-refractivity contribution is 0.0123. The van der Waals surface area contributed by atoms with E-state index < -0.39 is 0 Å². The summed E-state index contributed by atoms with van der Waals surface area (Å²) in [7, 11) is 0. The lowest BCUT2D eigenvalue weighted by Crippen LogP contribution is -2.49. The van der Waals surface area contributed by atoms with E-state index in [9.17, 15) is 4.79 Å². The zero-order chi connectivity index (χ0) is 21.1. The summed E-state index contributed by atoms with van der Waals surface area (Å²) in [6.07, 6.45) is 0. The van der Waals surface area contributed by atoms with Crippen LogP contribution in [-0.2, 0) is 16.0 Å². The maximum absolute atomic E-state index is 13.4. The van der Waals surface area contributed by atoms with E-state index >= 15 is 0 Å². The maximum Gasteiger partial charge on any atom is 0.282 e. The van der Waals surface area contributed by atoms with Crippen molar-refractivity contribution in [2.75, 3.05) is 57.5 Å². The number of rotatable bonds is 5. The van der Waals surface area contributed by atoms with E-state index in [2.05, 4.69) is 59.9 Å². The van der Waals surface area contributed by atoms with Gasteiger partial charge in [-0.1, -0.05) is 24.3 Å². The predicted molar refractivity (Wildman–Crippen MR) is 117 cm³/mol. The Morgan fingerprint density at radius 2 is 1.60 bits per heavy atom. The van der Waals surface area contributed by atoms with Crippen LogP contribution in [0.4, 0.5) is 5.69 Å². The van der Waals surface area contributed by atoms with Crippen molar-refractivity contribution in [1.82, 2.24) is 15.0 Å². The number of anilines is 1. The number of benzene rings is 1. The first-order valence-electron chi connectivity index (χ1n) is 10.8. The SMILES string of the molecule is Cc1ccccc1Cn1c(C)c(N2CCOCC2)c(C)c1C(=O)NN1CCOCC1. The molecule has 2 aromatic rings. The van der Waals surface area contributed by atoms with E-state index in [-0.39, 0.29) is 5.91 Å². The van der Waals surface area contributed by atoms with Crippen molar-refractivity contribution < 1.29 is 14.3 Å². The highest BCUT2D eigenvalue weighted by atomic mass is 16.5. The molecular weight excluding hydrogens is 380 g/mol. The summed E-state index contributed by atoms with van der Waals surface area (Å²) in [5.41, 5.74) is 9.64. The molecule has 0 atom stereocenters. The molecule has 7 heteroatoms. The fourth-order valence-electron chi connectivity index (χ4n) is 4.45. The molecule has 0 spiro atoms. The standard InChI is InChI=1S/C23H32N4O3/c1-17-6-4-5-7-20(17)16-27-19(3)21(25-8-12-29-13-9-25)18(2)22(27)23(28)24-26-10-14-30-15-11-26/h4-7H,8-16H2,1-3H3,(H,24,28). The van der Waals surface area contributed by atoms with Gasteiger partial charge in [-0.15, -0.1) is 0 Å². The fraction of sp³-hybridized carbons (Fsp3) is 0.522. The number of aromatic nitrogens is 1. The van der Waals surface area contributed by atoms with Crippen LogP contribution in [0, 0.1) is 20.8 Å². The molecule has 0 unspecified atom stereocenters. The molecule has 7 nitrogen and oxygen atoms in total. The molecule has 0 aliphatic carbocycles. The molecule has 2 saturated heterocycles. The second-order valence-electron chi connectivity index (χ2n) is 8.06. The topological polar surface area (TPSA) is 59.0 Å². The molecule has 0 saturated carbocycles. The van der Waals surface area contributed by atoms with Crippen molar-refractivity contribution >= 4 is 11.6 Å². The van der Waals surface area contributed by atoms with Crippen molar-refractivity contribution in [3.63, 3.8) is 0 Å². The summed E-state index contributed by atoms with van der Waals surface area (Å²) in [6, 6.07) is 8.38. The third-order valence-electron chi connectivity index (χ3n) is 6.13. The van der Waals surface area contributed by atoms with Crippen LogP contribution in [0.2, 0.25) is 0 Å². The number of carbonyl (C=O) groups excluding carboxylic acids is 1. The smallest absolute Gasteiger partial charge is 0.282 e. The summed E-state index contributed by atoms with van der Waals surface area (Å²) in [4.78, 5) is 15.8. The number of morpholine rings is 2. The van der Waals surface area contributed by atoms with E-state index in [0.717, 1.165) is 43.3 Å². The molecule has 30 heavy (non-hydrogen) atoms. The molecule has 1 aromatic heterocycles. The van der Waals surface area contributed by atoms with Gasteiger partial charge in [0.2, 0.25) is 0 Å². The van der Waals surface area contributed by atoms with Crippen molar-refractivity contribution in [2.24, 2.45) is 0 Å². The van der Waals surface area contributed by atoms with Crippen molar-refractivity contribution in [1.29, 1.82) is 0 Å². The normalized spacial score (nSPS) is 17.9. The summed E-state index contributed by atoms with van der Waals surface area (Å²) < 4.78 is 13.1. The molecule has 1 amide bonds. The number of nitrogens with zero attached hydrogens (tertiary/aromatic N) is 3. The first-order chi connectivity index (χ1) is 14.6. The molecule has 2 fully saturated rings. The molecule has 162 valence electrons. The van der Waals surface area contributed by atoms with Gasteiger partial charge in [-0.05, 0) is 31.9 Å². The fourth-order valence-corrected chi connectivity index (χ4v) is 4.45. The molecule has 0 radical (unpaired) electrons. The Hall–Kier alpha value is -2.35. The van der Waals surface area contributed by atoms with Crippen LogP contribution in [0.15, 0.2) is 24.3 Å². The van der Waals surface area contributed by atoms with Gasteiger partial charge in [0.05, 0.1) is 32.1 Å². The van der Waals surface area contributed by atoms with Crippen molar-refractivity contribution in [2.45, 2.75) is 27.3 Å². The average Bonchev–Trinajstić information content (AvgIpc) is 3.00. The number of hydrogen-bond acceptors (Lipinski definition) is 5. The van der Waals surface area contributed by atoms with Gasteiger partial charge in [-0.3, -0.25) is 10.2 Å². The Morgan fingerprint density at radius 3 is 2.27 bits per heavy atom. The van der Waals surface area contributed by atoms with Crippen LogP contribution in [0.5, 0.6) is 0 Å². The highest BCUT2D eigenvalue weighted by Crippen LogP contribution is 2.32. The van der Waals surface area contributed by atoms with Gasteiger partial charge in [-0.25, -0.2) is 5.01 Å². The summed E-state index contributed by atoms with van der Waals surface area (Å²) in [5.74, 6) is -0.0504. The monoisotopic (exact) mass is 412 g/mol. The van der Waals surface area contributed by atoms with Gasteiger partial charge < -0.3 is 18.9 Å². The van der Waals surface area contributed by atoms with E-state index in [1.165, 1.54) is 16.8 Å². The number of amides is 1. The van der Waals surface area contributed by atoms with Gasteiger partial charge in [-0.2, -0.15) is 0 Å². The molecular formula is C23H32N4O3. The van der Waals surface area contributed by atoms with Crippen LogP contribution in [0.3, 0.4) is 0 Å². The van der Waals surface area contributed by atoms with Crippen LogP contribution in [0.1, 0.15) is 32.9 Å². The average molecular weight is 413 g/mol. The number of ether oxygens (including phenoxy) is 2. The highest BCUT2D eigenvalue weighted by molar-refractivity contribution is 5.96.